The van der Waals surface area contributed by atoms with E-state index >= 15 is 0 Å². The second kappa shape index (κ2) is 12.9. The Kier molecular flexibility index (Phi) is 9.17. The molecule has 2 aromatic carbocycles. The van der Waals surface area contributed by atoms with Crippen molar-refractivity contribution in [3.8, 4) is 17.4 Å². The molecule has 0 amide bonds. The molecule has 0 radical (unpaired) electrons. The van der Waals surface area contributed by atoms with Crippen LogP contribution in [0.1, 0.15) is 31.4 Å². The number of aromatic nitrogens is 4. The lowest BCUT2D eigenvalue weighted by molar-refractivity contribution is -0.132. The van der Waals surface area contributed by atoms with Crippen LogP contribution in [-0.4, -0.2) is 55.9 Å². The van der Waals surface area contributed by atoms with E-state index in [2.05, 4.69) is 24.1 Å². The van der Waals surface area contributed by atoms with Crippen molar-refractivity contribution in [3.63, 3.8) is 0 Å². The molecule has 0 aliphatic carbocycles. The van der Waals surface area contributed by atoms with Crippen molar-refractivity contribution in [2.75, 3.05) is 25.0 Å². The van der Waals surface area contributed by atoms with Crippen LogP contribution in [0.3, 0.4) is 0 Å². The summed E-state index contributed by atoms with van der Waals surface area (Å²) in [5, 5.41) is 0.849. The number of esters is 2. The summed E-state index contributed by atoms with van der Waals surface area (Å²) >= 11 is 1.36. The quantitative estimate of drug-likeness (QED) is 0.196. The first-order chi connectivity index (χ1) is 18.4. The lowest BCUT2D eigenvalue weighted by Crippen LogP contribution is -2.28. The molecule has 0 bridgehead atoms. The van der Waals surface area contributed by atoms with Crippen LogP contribution >= 0.6 is 11.5 Å². The zero-order valence-corrected chi connectivity index (χ0v) is 22.4. The van der Waals surface area contributed by atoms with E-state index in [-0.39, 0.29) is 11.9 Å². The molecule has 38 heavy (non-hydrogen) atoms. The number of rotatable bonds is 12. The van der Waals surface area contributed by atoms with Gasteiger partial charge in [-0.25, -0.2) is 4.98 Å². The Morgan fingerprint density at radius 3 is 1.97 bits per heavy atom. The second-order valence-corrected chi connectivity index (χ2v) is 9.54. The largest absolute Gasteiger partial charge is 0.427 e. The van der Waals surface area contributed by atoms with Gasteiger partial charge in [0.1, 0.15) is 17.8 Å². The SMILES string of the molecule is CC(=O)Oc1ccc(CN(CCCN(C)c2nc(-n3ccnc3)ns2)Cc2ccc(OC(C)=O)cc2)cc1. The highest BCUT2D eigenvalue weighted by Gasteiger charge is 2.13. The summed E-state index contributed by atoms with van der Waals surface area (Å²) in [5.41, 5.74) is 2.22. The third-order valence-electron chi connectivity index (χ3n) is 5.62. The highest BCUT2D eigenvalue weighted by molar-refractivity contribution is 7.09. The van der Waals surface area contributed by atoms with E-state index in [0.29, 0.717) is 17.4 Å². The minimum atomic E-state index is -0.340. The number of ether oxygens (including phenoxy) is 2. The van der Waals surface area contributed by atoms with E-state index in [0.717, 1.165) is 48.9 Å². The molecule has 2 heterocycles. The summed E-state index contributed by atoms with van der Waals surface area (Å²) in [7, 11) is 2.02. The van der Waals surface area contributed by atoms with E-state index in [1.807, 2.05) is 61.8 Å². The Labute approximate surface area is 225 Å². The maximum Gasteiger partial charge on any atom is 0.308 e. The number of nitrogens with zero attached hydrogens (tertiary/aromatic N) is 6. The van der Waals surface area contributed by atoms with E-state index in [4.69, 9.17) is 9.47 Å². The van der Waals surface area contributed by atoms with Crippen LogP contribution in [-0.2, 0) is 22.7 Å². The van der Waals surface area contributed by atoms with Gasteiger partial charge in [-0.3, -0.25) is 19.1 Å². The molecule has 0 unspecified atom stereocenters. The summed E-state index contributed by atoms with van der Waals surface area (Å²) in [4.78, 5) is 35.6. The third kappa shape index (κ3) is 7.95. The number of hydrogen-bond acceptors (Lipinski definition) is 10. The van der Waals surface area contributed by atoms with Gasteiger partial charge in [0, 0.05) is 71.0 Å². The molecule has 0 aliphatic heterocycles. The van der Waals surface area contributed by atoms with Crippen LogP contribution in [0.5, 0.6) is 11.5 Å². The van der Waals surface area contributed by atoms with Gasteiger partial charge in [-0.05, 0) is 41.8 Å². The summed E-state index contributed by atoms with van der Waals surface area (Å²) < 4.78 is 16.5. The standard InChI is InChI=1S/C27H30N6O4S/c1-20(34)36-24-9-5-22(6-10-24)17-32(18-23-7-11-25(12-8-23)37-21(2)35)15-4-14-31(3)27-29-26(30-38-27)33-16-13-28-19-33/h5-13,16,19H,4,14-15,17-18H2,1-3H3. The van der Waals surface area contributed by atoms with Crippen molar-refractivity contribution >= 4 is 28.6 Å². The van der Waals surface area contributed by atoms with E-state index in [1.54, 1.807) is 17.1 Å². The van der Waals surface area contributed by atoms with Gasteiger partial charge in [0.15, 0.2) is 0 Å². The number of hydrogen-bond donors (Lipinski definition) is 0. The van der Waals surface area contributed by atoms with Crippen LogP contribution in [0, 0.1) is 0 Å². The van der Waals surface area contributed by atoms with Gasteiger partial charge in [0.2, 0.25) is 11.1 Å². The van der Waals surface area contributed by atoms with Crippen LogP contribution in [0.25, 0.3) is 5.95 Å². The molecule has 0 fully saturated rings. The minimum absolute atomic E-state index is 0.340. The fourth-order valence-electron chi connectivity index (χ4n) is 3.86. The lowest BCUT2D eigenvalue weighted by atomic mass is 10.1. The molecule has 0 aliphatic rings. The Hall–Kier alpha value is -4.09. The Morgan fingerprint density at radius 2 is 1.47 bits per heavy atom. The van der Waals surface area contributed by atoms with E-state index in [1.165, 1.54) is 25.4 Å². The van der Waals surface area contributed by atoms with Gasteiger partial charge in [0.25, 0.3) is 0 Å². The van der Waals surface area contributed by atoms with Crippen LogP contribution in [0.4, 0.5) is 5.13 Å². The molecule has 0 saturated carbocycles. The van der Waals surface area contributed by atoms with Crippen LogP contribution < -0.4 is 14.4 Å². The van der Waals surface area contributed by atoms with Gasteiger partial charge in [0.05, 0.1) is 0 Å². The molecular weight excluding hydrogens is 504 g/mol. The first-order valence-corrected chi connectivity index (χ1v) is 12.9. The Balaban J connectivity index is 1.39. The molecule has 10 nitrogen and oxygen atoms in total. The number of anilines is 1. The molecule has 4 aromatic rings. The maximum absolute atomic E-state index is 11.2. The fourth-order valence-corrected chi connectivity index (χ4v) is 4.51. The molecule has 11 heteroatoms. The minimum Gasteiger partial charge on any atom is -0.427 e. The van der Waals surface area contributed by atoms with E-state index in [9.17, 15) is 9.59 Å². The van der Waals surface area contributed by atoms with Crippen LogP contribution in [0.2, 0.25) is 0 Å². The van der Waals surface area contributed by atoms with Crippen molar-refractivity contribution in [2.45, 2.75) is 33.4 Å². The maximum atomic E-state index is 11.2. The first-order valence-electron chi connectivity index (χ1n) is 12.2. The molecule has 0 saturated heterocycles. The summed E-state index contributed by atoms with van der Waals surface area (Å²) in [6, 6.07) is 15.1. The molecule has 0 atom stereocenters. The molecule has 2 aromatic heterocycles. The van der Waals surface area contributed by atoms with Gasteiger partial charge >= 0.3 is 11.9 Å². The monoisotopic (exact) mass is 534 g/mol. The van der Waals surface area contributed by atoms with Crippen molar-refractivity contribution in [2.24, 2.45) is 0 Å². The van der Waals surface area contributed by atoms with Crippen molar-refractivity contribution in [3.05, 3.63) is 78.4 Å². The highest BCUT2D eigenvalue weighted by atomic mass is 32.1. The molecule has 198 valence electrons. The highest BCUT2D eigenvalue weighted by Crippen LogP contribution is 2.20. The summed E-state index contributed by atoms with van der Waals surface area (Å²) in [6.07, 6.45) is 6.11. The van der Waals surface area contributed by atoms with Crippen LogP contribution in [0.15, 0.2) is 67.3 Å². The Morgan fingerprint density at radius 1 is 0.895 bits per heavy atom. The number of benzene rings is 2. The number of imidazole rings is 1. The van der Waals surface area contributed by atoms with E-state index < -0.39 is 0 Å². The molecule has 0 N–H and O–H groups in total. The number of carbonyl (C=O) groups excluding carboxylic acids is 2. The third-order valence-corrected chi connectivity index (χ3v) is 6.44. The number of carbonyl (C=O) groups is 2. The van der Waals surface area contributed by atoms with Gasteiger partial charge in [-0.2, -0.15) is 9.36 Å². The zero-order chi connectivity index (χ0) is 26.9. The molecular formula is C27H30N6O4S. The average molecular weight is 535 g/mol. The lowest BCUT2D eigenvalue weighted by Gasteiger charge is -2.24. The topological polar surface area (TPSA) is 103 Å². The second-order valence-electron chi connectivity index (χ2n) is 8.81. The van der Waals surface area contributed by atoms with Gasteiger partial charge in [-0.15, -0.1) is 0 Å². The van der Waals surface area contributed by atoms with Crippen molar-refractivity contribution in [1.29, 1.82) is 0 Å². The normalized spacial score (nSPS) is 10.9. The first kappa shape index (κ1) is 27.0. The molecule has 0 spiro atoms. The Bertz CT molecular complexity index is 1260. The average Bonchev–Trinajstić information content (AvgIpc) is 3.58. The summed E-state index contributed by atoms with van der Waals surface area (Å²) in [6.45, 7) is 5.87. The smallest absolute Gasteiger partial charge is 0.308 e. The predicted octanol–water partition coefficient (Wildman–Crippen LogP) is 4.10. The fraction of sp³-hybridized carbons (Fsp3) is 0.296. The predicted molar refractivity (Wildman–Crippen MR) is 145 cm³/mol. The zero-order valence-electron chi connectivity index (χ0n) is 21.6. The molecule has 4 rings (SSSR count). The van der Waals surface area contributed by atoms with Crippen molar-refractivity contribution in [1.82, 2.24) is 23.8 Å². The van der Waals surface area contributed by atoms with Crippen molar-refractivity contribution < 1.29 is 19.1 Å². The summed E-state index contributed by atoms with van der Waals surface area (Å²) in [5.74, 6) is 0.997. The van der Waals surface area contributed by atoms with Gasteiger partial charge < -0.3 is 14.4 Å². The van der Waals surface area contributed by atoms with Gasteiger partial charge in [-0.1, -0.05) is 24.3 Å².